The largest absolute Gasteiger partial charge is 0.468 e. The molecule has 0 fully saturated rings. The number of allylic oxidation sites excluding steroid dienone is 2. The van der Waals surface area contributed by atoms with E-state index in [0.717, 1.165) is 36.6 Å². The van der Waals surface area contributed by atoms with Gasteiger partial charge in [0.25, 0.3) is 0 Å². The minimum Gasteiger partial charge on any atom is -0.468 e. The summed E-state index contributed by atoms with van der Waals surface area (Å²) in [5.41, 5.74) is 2.01. The van der Waals surface area contributed by atoms with E-state index in [1.54, 1.807) is 0 Å². The van der Waals surface area contributed by atoms with Crippen LogP contribution in [0.3, 0.4) is 0 Å². The molecule has 3 nitrogen and oxygen atoms in total. The molecule has 0 aliphatic heterocycles. The molecule has 0 saturated carbocycles. The summed E-state index contributed by atoms with van der Waals surface area (Å²) in [6.07, 6.45) is 4.63. The second kappa shape index (κ2) is 6.64. The van der Waals surface area contributed by atoms with Crippen molar-refractivity contribution in [1.82, 2.24) is 0 Å². The van der Waals surface area contributed by atoms with Crippen molar-refractivity contribution in [1.29, 1.82) is 0 Å². The van der Waals surface area contributed by atoms with Gasteiger partial charge in [0, 0.05) is 5.57 Å². The van der Waals surface area contributed by atoms with Crippen LogP contribution in [0.5, 0.6) is 0 Å². The molecule has 0 radical (unpaired) electrons. The molecule has 17 heavy (non-hydrogen) atoms. The van der Waals surface area contributed by atoms with Crippen molar-refractivity contribution in [2.24, 2.45) is 5.92 Å². The van der Waals surface area contributed by atoms with E-state index in [-0.39, 0.29) is 16.8 Å². The third kappa shape index (κ3) is 4.38. The van der Waals surface area contributed by atoms with Crippen molar-refractivity contribution in [3.63, 3.8) is 0 Å². The number of hydrogen-bond donors (Lipinski definition) is 0. The maximum atomic E-state index is 11.8. The number of hydrogen-bond acceptors (Lipinski definition) is 4. The molecule has 0 bridgehead atoms. The topological polar surface area (TPSA) is 43.4 Å². The number of thioether (sulfide) groups is 1. The van der Waals surface area contributed by atoms with Crippen LogP contribution in [0.25, 0.3) is 0 Å². The first-order chi connectivity index (χ1) is 8.04. The lowest BCUT2D eigenvalue weighted by atomic mass is 9.86. The van der Waals surface area contributed by atoms with Gasteiger partial charge in [-0.3, -0.25) is 9.59 Å². The Kier molecular flexibility index (Phi) is 5.48. The van der Waals surface area contributed by atoms with Crippen LogP contribution in [0.4, 0.5) is 0 Å². The Bertz CT molecular complexity index is 358. The lowest BCUT2D eigenvalue weighted by Gasteiger charge is -2.21. The molecule has 4 heteroatoms. The highest BCUT2D eigenvalue weighted by Crippen LogP contribution is 2.30. The van der Waals surface area contributed by atoms with E-state index >= 15 is 0 Å². The van der Waals surface area contributed by atoms with Gasteiger partial charge < -0.3 is 4.74 Å². The number of esters is 1. The highest BCUT2D eigenvalue weighted by molar-refractivity contribution is 8.14. The first-order valence-corrected chi connectivity index (χ1v) is 6.61. The highest BCUT2D eigenvalue weighted by Gasteiger charge is 2.20. The molecule has 0 N–H and O–H groups in total. The second-order valence-electron chi connectivity index (χ2n) is 4.20. The van der Waals surface area contributed by atoms with Gasteiger partial charge in [0.05, 0.1) is 12.9 Å². The zero-order chi connectivity index (χ0) is 12.8. The summed E-state index contributed by atoms with van der Waals surface area (Å²) >= 11 is 1.02. The first kappa shape index (κ1) is 14.0. The quantitative estimate of drug-likeness (QED) is 0.571. The van der Waals surface area contributed by atoms with Gasteiger partial charge >= 0.3 is 5.97 Å². The zero-order valence-electron chi connectivity index (χ0n) is 10.3. The van der Waals surface area contributed by atoms with E-state index in [1.165, 1.54) is 12.7 Å². The fourth-order valence-corrected chi connectivity index (χ4v) is 2.48. The SMILES string of the molecule is C=C(C)[C@@H]1CC=C(C(=O)SCC(=O)OC)CC1. The van der Waals surface area contributed by atoms with Gasteiger partial charge in [0.2, 0.25) is 5.12 Å². The predicted molar refractivity (Wildman–Crippen MR) is 69.7 cm³/mol. The van der Waals surface area contributed by atoms with E-state index in [1.807, 2.05) is 13.0 Å². The summed E-state index contributed by atoms with van der Waals surface area (Å²) < 4.78 is 4.49. The van der Waals surface area contributed by atoms with Crippen LogP contribution < -0.4 is 0 Å². The molecule has 1 atom stereocenters. The van der Waals surface area contributed by atoms with Gasteiger partial charge in [-0.25, -0.2) is 0 Å². The van der Waals surface area contributed by atoms with Crippen molar-refractivity contribution in [3.8, 4) is 0 Å². The maximum absolute atomic E-state index is 11.8. The summed E-state index contributed by atoms with van der Waals surface area (Å²) in [5.74, 6) is 0.230. The van der Waals surface area contributed by atoms with Crippen LogP contribution in [0.15, 0.2) is 23.8 Å². The Labute approximate surface area is 106 Å². The summed E-state index contributed by atoms with van der Waals surface area (Å²) in [7, 11) is 1.32. The number of methoxy groups -OCH3 is 1. The molecule has 0 aromatic rings. The number of carbonyl (C=O) groups excluding carboxylic acids is 2. The van der Waals surface area contributed by atoms with Crippen LogP contribution >= 0.6 is 11.8 Å². The molecule has 0 aromatic heterocycles. The van der Waals surface area contributed by atoms with Crippen LogP contribution in [0.1, 0.15) is 26.2 Å². The van der Waals surface area contributed by atoms with Crippen molar-refractivity contribution in [3.05, 3.63) is 23.8 Å². The predicted octanol–water partition coefficient (Wildman–Crippen LogP) is 2.72. The standard InChI is InChI=1S/C13H18O3S/c1-9(2)10-4-6-11(7-5-10)13(15)17-8-12(14)16-3/h6,10H,1,4-5,7-8H2,2-3H3/t10-/m1/s1. The van der Waals surface area contributed by atoms with E-state index < -0.39 is 0 Å². The molecule has 0 saturated heterocycles. The lowest BCUT2D eigenvalue weighted by molar-refractivity contribution is -0.137. The summed E-state index contributed by atoms with van der Waals surface area (Å²) in [5, 5.41) is -0.00411. The van der Waals surface area contributed by atoms with E-state index in [4.69, 9.17) is 0 Å². The average molecular weight is 254 g/mol. The number of ether oxygens (including phenoxy) is 1. The Balaban J connectivity index is 2.44. The Morgan fingerprint density at radius 3 is 2.76 bits per heavy atom. The molecular formula is C13H18O3S. The van der Waals surface area contributed by atoms with Gasteiger partial charge in [-0.2, -0.15) is 0 Å². The zero-order valence-corrected chi connectivity index (χ0v) is 11.1. The van der Waals surface area contributed by atoms with Crippen molar-refractivity contribution >= 4 is 22.8 Å². The van der Waals surface area contributed by atoms with Crippen molar-refractivity contribution in [2.45, 2.75) is 26.2 Å². The van der Waals surface area contributed by atoms with E-state index in [0.29, 0.717) is 5.92 Å². The average Bonchev–Trinajstić information content (AvgIpc) is 2.35. The molecular weight excluding hydrogens is 236 g/mol. The van der Waals surface area contributed by atoms with E-state index in [9.17, 15) is 9.59 Å². The van der Waals surface area contributed by atoms with Gasteiger partial charge in [0.15, 0.2) is 0 Å². The van der Waals surface area contributed by atoms with Crippen LogP contribution in [0.2, 0.25) is 0 Å². The van der Waals surface area contributed by atoms with Gasteiger partial charge in [0.1, 0.15) is 0 Å². The fourth-order valence-electron chi connectivity index (χ4n) is 1.74. The van der Waals surface area contributed by atoms with Crippen LogP contribution in [-0.4, -0.2) is 23.9 Å². The van der Waals surface area contributed by atoms with Gasteiger partial charge in [-0.05, 0) is 32.1 Å². The summed E-state index contributed by atoms with van der Waals surface area (Å²) in [6, 6.07) is 0. The van der Waals surface area contributed by atoms with Crippen LogP contribution in [-0.2, 0) is 14.3 Å². The van der Waals surface area contributed by atoms with E-state index in [2.05, 4.69) is 11.3 Å². The minimum absolute atomic E-state index is 0.00411. The monoisotopic (exact) mass is 254 g/mol. The normalized spacial score (nSPS) is 19.4. The number of carbonyl (C=O) groups is 2. The summed E-state index contributed by atoms with van der Waals surface area (Å²) in [6.45, 7) is 5.96. The maximum Gasteiger partial charge on any atom is 0.316 e. The molecule has 1 aliphatic carbocycles. The molecule has 0 amide bonds. The third-order valence-electron chi connectivity index (χ3n) is 2.92. The third-order valence-corrected chi connectivity index (χ3v) is 3.82. The Hall–Kier alpha value is -1.03. The minimum atomic E-state index is -0.362. The second-order valence-corrected chi connectivity index (χ2v) is 5.15. The number of rotatable bonds is 4. The van der Waals surface area contributed by atoms with Gasteiger partial charge in [-0.15, -0.1) is 0 Å². The summed E-state index contributed by atoms with van der Waals surface area (Å²) in [4.78, 5) is 22.7. The molecule has 1 aliphatic rings. The van der Waals surface area contributed by atoms with Crippen molar-refractivity contribution < 1.29 is 14.3 Å². The molecule has 0 aromatic carbocycles. The first-order valence-electron chi connectivity index (χ1n) is 5.63. The van der Waals surface area contributed by atoms with Crippen LogP contribution in [0, 0.1) is 5.92 Å². The Morgan fingerprint density at radius 2 is 2.29 bits per heavy atom. The highest BCUT2D eigenvalue weighted by atomic mass is 32.2. The fraction of sp³-hybridized carbons (Fsp3) is 0.538. The van der Waals surface area contributed by atoms with Gasteiger partial charge in [-0.1, -0.05) is 30.0 Å². The van der Waals surface area contributed by atoms with Crippen molar-refractivity contribution in [2.75, 3.05) is 12.9 Å². The lowest BCUT2D eigenvalue weighted by Crippen LogP contribution is -2.12. The molecule has 1 rings (SSSR count). The molecule has 0 spiro atoms. The molecule has 0 heterocycles. The Morgan fingerprint density at radius 1 is 1.59 bits per heavy atom. The smallest absolute Gasteiger partial charge is 0.316 e. The molecule has 94 valence electrons. The molecule has 0 unspecified atom stereocenters.